The SMILES string of the molecule is C.CCOC(=O)C1(O)CCC(C)(C)c2ccc(C=Cc3ccc(C(=O)O)cc3)cc21. The van der Waals surface area contributed by atoms with E-state index in [0.717, 1.165) is 16.7 Å². The van der Waals surface area contributed by atoms with Gasteiger partial charge in [0.05, 0.1) is 12.2 Å². The number of carbonyl (C=O) groups is 2. The zero-order chi connectivity index (χ0) is 21.2. The minimum absolute atomic E-state index is 0. The van der Waals surface area contributed by atoms with Crippen LogP contribution in [0.25, 0.3) is 12.2 Å². The maximum atomic E-state index is 12.5. The van der Waals surface area contributed by atoms with Gasteiger partial charge in [0.2, 0.25) is 0 Å². The number of esters is 1. The van der Waals surface area contributed by atoms with E-state index in [1.807, 2.05) is 30.4 Å². The first-order valence-electron chi connectivity index (χ1n) is 9.73. The molecule has 0 fully saturated rings. The fourth-order valence-electron chi connectivity index (χ4n) is 3.75. The lowest BCUT2D eigenvalue weighted by Gasteiger charge is -2.40. The maximum Gasteiger partial charge on any atom is 0.342 e. The van der Waals surface area contributed by atoms with E-state index in [1.165, 1.54) is 0 Å². The number of hydrogen-bond acceptors (Lipinski definition) is 4. The molecule has 1 unspecified atom stereocenters. The van der Waals surface area contributed by atoms with Gasteiger partial charge >= 0.3 is 11.9 Å². The van der Waals surface area contributed by atoms with Crippen LogP contribution in [0.15, 0.2) is 42.5 Å². The molecule has 5 nitrogen and oxygen atoms in total. The molecule has 2 aromatic rings. The average molecular weight is 411 g/mol. The van der Waals surface area contributed by atoms with Crippen molar-refractivity contribution in [2.24, 2.45) is 0 Å². The third kappa shape index (κ3) is 4.46. The Bertz CT molecular complexity index is 956. The van der Waals surface area contributed by atoms with E-state index in [1.54, 1.807) is 31.2 Å². The molecule has 1 aliphatic rings. The predicted molar refractivity (Wildman–Crippen MR) is 118 cm³/mol. The van der Waals surface area contributed by atoms with Crippen LogP contribution in [0.2, 0.25) is 0 Å². The molecule has 0 aromatic heterocycles. The summed E-state index contributed by atoms with van der Waals surface area (Å²) in [6.07, 6.45) is 4.74. The second-order valence-corrected chi connectivity index (χ2v) is 8.03. The fraction of sp³-hybridized carbons (Fsp3) is 0.360. The van der Waals surface area contributed by atoms with Gasteiger partial charge in [-0.25, -0.2) is 9.59 Å². The van der Waals surface area contributed by atoms with E-state index in [4.69, 9.17) is 9.84 Å². The number of ether oxygens (including phenoxy) is 1. The van der Waals surface area contributed by atoms with Crippen LogP contribution in [0.3, 0.4) is 0 Å². The summed E-state index contributed by atoms with van der Waals surface area (Å²) in [5, 5.41) is 20.2. The molecule has 0 bridgehead atoms. The Morgan fingerprint density at radius 3 is 2.20 bits per heavy atom. The van der Waals surface area contributed by atoms with Crippen molar-refractivity contribution in [3.05, 3.63) is 70.3 Å². The molecule has 0 heterocycles. The van der Waals surface area contributed by atoms with Crippen LogP contribution in [-0.2, 0) is 20.5 Å². The smallest absolute Gasteiger partial charge is 0.342 e. The number of carbonyl (C=O) groups excluding carboxylic acids is 1. The van der Waals surface area contributed by atoms with Gasteiger partial charge in [-0.05, 0) is 65.6 Å². The van der Waals surface area contributed by atoms with Crippen LogP contribution in [0, 0.1) is 0 Å². The lowest BCUT2D eigenvalue weighted by atomic mass is 9.66. The molecule has 0 saturated carbocycles. The molecular weight excluding hydrogens is 380 g/mol. The summed E-state index contributed by atoms with van der Waals surface area (Å²) >= 11 is 0. The first kappa shape index (κ1) is 23.4. The number of rotatable bonds is 5. The van der Waals surface area contributed by atoms with Gasteiger partial charge in [0.15, 0.2) is 5.60 Å². The summed E-state index contributed by atoms with van der Waals surface area (Å²) in [6, 6.07) is 12.3. The quantitative estimate of drug-likeness (QED) is 0.534. The second kappa shape index (κ2) is 8.84. The lowest BCUT2D eigenvalue weighted by molar-refractivity contribution is -0.168. The van der Waals surface area contributed by atoms with Crippen molar-refractivity contribution in [1.82, 2.24) is 0 Å². The van der Waals surface area contributed by atoms with Crippen molar-refractivity contribution in [3.63, 3.8) is 0 Å². The zero-order valence-corrected chi connectivity index (χ0v) is 16.9. The Hall–Kier alpha value is -2.92. The van der Waals surface area contributed by atoms with Crippen LogP contribution in [0.4, 0.5) is 0 Å². The third-order valence-corrected chi connectivity index (χ3v) is 5.57. The summed E-state index contributed by atoms with van der Waals surface area (Å²) in [5.74, 6) is -1.57. The highest BCUT2D eigenvalue weighted by molar-refractivity contribution is 5.88. The summed E-state index contributed by atoms with van der Waals surface area (Å²) in [6.45, 7) is 6.15. The molecule has 160 valence electrons. The topological polar surface area (TPSA) is 83.8 Å². The molecule has 5 heteroatoms. The Kier molecular flexibility index (Phi) is 6.88. The van der Waals surface area contributed by atoms with Gasteiger partial charge in [-0.2, -0.15) is 0 Å². The van der Waals surface area contributed by atoms with Crippen LogP contribution in [0.5, 0.6) is 0 Å². The maximum absolute atomic E-state index is 12.5. The van der Waals surface area contributed by atoms with E-state index >= 15 is 0 Å². The highest BCUT2D eigenvalue weighted by Crippen LogP contribution is 2.45. The minimum atomic E-state index is -1.64. The van der Waals surface area contributed by atoms with E-state index in [0.29, 0.717) is 18.4 Å². The standard InChI is InChI=1S/C24H26O5.CH4/c1-4-29-22(27)24(28)14-13-23(2,3)19-12-9-17(15-20(19)24)6-5-16-7-10-18(11-8-16)21(25)26;/h5-12,15,28H,4,13-14H2,1-3H3,(H,25,26);1H4. The summed E-state index contributed by atoms with van der Waals surface area (Å²) in [4.78, 5) is 23.5. The van der Waals surface area contributed by atoms with Crippen molar-refractivity contribution in [2.75, 3.05) is 6.61 Å². The predicted octanol–water partition coefficient (Wildman–Crippen LogP) is 5.01. The third-order valence-electron chi connectivity index (χ3n) is 5.57. The van der Waals surface area contributed by atoms with E-state index in [9.17, 15) is 14.7 Å². The normalized spacial score (nSPS) is 19.6. The van der Waals surface area contributed by atoms with Crippen LogP contribution < -0.4 is 0 Å². The van der Waals surface area contributed by atoms with Crippen molar-refractivity contribution in [3.8, 4) is 0 Å². The number of carboxylic acid groups (broad SMARTS) is 1. The van der Waals surface area contributed by atoms with E-state index in [2.05, 4.69) is 13.8 Å². The Morgan fingerprint density at radius 2 is 1.60 bits per heavy atom. The van der Waals surface area contributed by atoms with Crippen LogP contribution in [-0.4, -0.2) is 28.8 Å². The second-order valence-electron chi connectivity index (χ2n) is 8.03. The largest absolute Gasteiger partial charge is 0.478 e. The highest BCUT2D eigenvalue weighted by Gasteiger charge is 2.47. The Morgan fingerprint density at radius 1 is 1.00 bits per heavy atom. The molecule has 0 radical (unpaired) electrons. The fourth-order valence-corrected chi connectivity index (χ4v) is 3.75. The van der Waals surface area contributed by atoms with Gasteiger partial charge in [-0.1, -0.05) is 57.7 Å². The van der Waals surface area contributed by atoms with E-state index in [-0.39, 0.29) is 25.0 Å². The van der Waals surface area contributed by atoms with Crippen LogP contribution >= 0.6 is 0 Å². The molecule has 3 rings (SSSR count). The zero-order valence-electron chi connectivity index (χ0n) is 16.9. The van der Waals surface area contributed by atoms with Crippen molar-refractivity contribution < 1.29 is 24.5 Å². The van der Waals surface area contributed by atoms with Gasteiger partial charge < -0.3 is 14.9 Å². The molecule has 1 atom stereocenters. The van der Waals surface area contributed by atoms with Gasteiger partial charge in [0.25, 0.3) is 0 Å². The van der Waals surface area contributed by atoms with Gasteiger partial charge in [0, 0.05) is 0 Å². The molecule has 30 heavy (non-hydrogen) atoms. The van der Waals surface area contributed by atoms with Gasteiger partial charge in [-0.15, -0.1) is 0 Å². The van der Waals surface area contributed by atoms with Crippen LogP contribution in [0.1, 0.15) is 73.7 Å². The number of hydrogen-bond donors (Lipinski definition) is 2. The number of benzene rings is 2. The van der Waals surface area contributed by atoms with Crippen molar-refractivity contribution >= 4 is 24.1 Å². The van der Waals surface area contributed by atoms with Crippen molar-refractivity contribution in [2.45, 2.75) is 52.1 Å². The number of aromatic carboxylic acids is 1. The first-order valence-corrected chi connectivity index (χ1v) is 9.73. The molecular formula is C25H30O5. The van der Waals surface area contributed by atoms with Crippen molar-refractivity contribution in [1.29, 1.82) is 0 Å². The monoisotopic (exact) mass is 410 g/mol. The summed E-state index contributed by atoms with van der Waals surface area (Å²) in [7, 11) is 0. The molecule has 0 amide bonds. The number of aliphatic hydroxyl groups is 1. The molecule has 1 aliphatic carbocycles. The molecule has 0 spiro atoms. The molecule has 2 N–H and O–H groups in total. The Balaban J connectivity index is 0.00000320. The van der Waals surface area contributed by atoms with Gasteiger partial charge in [-0.3, -0.25) is 0 Å². The van der Waals surface area contributed by atoms with Gasteiger partial charge in [0.1, 0.15) is 0 Å². The average Bonchev–Trinajstić information content (AvgIpc) is 2.70. The summed E-state index contributed by atoms with van der Waals surface area (Å²) < 4.78 is 5.15. The highest BCUT2D eigenvalue weighted by atomic mass is 16.5. The molecule has 0 saturated heterocycles. The van der Waals surface area contributed by atoms with E-state index < -0.39 is 17.5 Å². The minimum Gasteiger partial charge on any atom is -0.478 e. The number of fused-ring (bicyclic) bond motifs is 1. The lowest BCUT2D eigenvalue weighted by Crippen LogP contribution is -2.44. The Labute approximate surface area is 178 Å². The first-order chi connectivity index (χ1) is 13.7. The summed E-state index contributed by atoms with van der Waals surface area (Å²) in [5.41, 5.74) is 1.67. The number of carboxylic acids is 1. The molecule has 2 aromatic carbocycles. The molecule has 0 aliphatic heterocycles.